The highest BCUT2D eigenvalue weighted by Gasteiger charge is 2.27. The van der Waals surface area contributed by atoms with E-state index >= 15 is 0 Å². The van der Waals surface area contributed by atoms with Crippen LogP contribution < -0.4 is 5.32 Å². The lowest BCUT2D eigenvalue weighted by Crippen LogP contribution is -2.25. The lowest BCUT2D eigenvalue weighted by atomic mass is 9.95. The van der Waals surface area contributed by atoms with E-state index in [2.05, 4.69) is 10.3 Å². The average molecular weight is 328 g/mol. The number of ether oxygens (including phenoxy) is 1. The zero-order chi connectivity index (χ0) is 17.9. The molecule has 6 nitrogen and oxygen atoms in total. The van der Waals surface area contributed by atoms with Crippen LogP contribution in [0.5, 0.6) is 0 Å². The number of aryl methyl sites for hydroxylation is 2. The molecule has 126 valence electrons. The lowest BCUT2D eigenvalue weighted by Gasteiger charge is -2.10. The second-order valence-corrected chi connectivity index (χ2v) is 5.35. The van der Waals surface area contributed by atoms with E-state index in [0.717, 1.165) is 0 Å². The Balaban J connectivity index is 2.59. The molecule has 0 radical (unpaired) electrons. The summed E-state index contributed by atoms with van der Waals surface area (Å²) in [6.07, 6.45) is 0. The first-order chi connectivity index (χ1) is 11.4. The molecule has 0 aliphatic carbocycles. The van der Waals surface area contributed by atoms with E-state index in [9.17, 15) is 14.4 Å². The number of hydrogen-bond donors (Lipinski definition) is 2. The van der Waals surface area contributed by atoms with Crippen LogP contribution in [0.25, 0.3) is 0 Å². The average Bonchev–Trinajstić information content (AvgIpc) is 2.87. The first kappa shape index (κ1) is 17.5. The Morgan fingerprint density at radius 2 is 1.62 bits per heavy atom. The Labute approximate surface area is 140 Å². The van der Waals surface area contributed by atoms with Crippen LogP contribution in [0.2, 0.25) is 0 Å². The van der Waals surface area contributed by atoms with Gasteiger partial charge in [-0.2, -0.15) is 0 Å². The number of hydrogen-bond acceptors (Lipinski definition) is 4. The van der Waals surface area contributed by atoms with Crippen molar-refractivity contribution in [3.8, 4) is 0 Å². The van der Waals surface area contributed by atoms with Crippen molar-refractivity contribution in [1.82, 2.24) is 10.3 Å². The number of carbonyl (C=O) groups is 3. The summed E-state index contributed by atoms with van der Waals surface area (Å²) in [5.74, 6) is -1.30. The molecule has 2 N–H and O–H groups in total. The molecule has 0 unspecified atom stereocenters. The van der Waals surface area contributed by atoms with Gasteiger partial charge in [0.05, 0.1) is 23.8 Å². The van der Waals surface area contributed by atoms with Crippen LogP contribution in [0.1, 0.15) is 54.9 Å². The van der Waals surface area contributed by atoms with Gasteiger partial charge in [-0.25, -0.2) is 4.79 Å². The van der Waals surface area contributed by atoms with E-state index in [1.54, 1.807) is 45.0 Å². The van der Waals surface area contributed by atoms with Crippen LogP contribution in [0, 0.1) is 13.8 Å². The molecule has 0 saturated heterocycles. The second-order valence-electron chi connectivity index (χ2n) is 5.35. The van der Waals surface area contributed by atoms with Crippen molar-refractivity contribution in [3.63, 3.8) is 0 Å². The Morgan fingerprint density at radius 3 is 2.21 bits per heavy atom. The Bertz CT molecular complexity index is 805. The van der Waals surface area contributed by atoms with Crippen molar-refractivity contribution in [3.05, 3.63) is 57.9 Å². The third kappa shape index (κ3) is 3.08. The highest BCUT2D eigenvalue weighted by atomic mass is 16.5. The van der Waals surface area contributed by atoms with Gasteiger partial charge in [0.25, 0.3) is 5.91 Å². The van der Waals surface area contributed by atoms with Gasteiger partial charge in [0.15, 0.2) is 5.78 Å². The van der Waals surface area contributed by atoms with Gasteiger partial charge in [0.2, 0.25) is 0 Å². The number of amides is 1. The van der Waals surface area contributed by atoms with E-state index in [0.29, 0.717) is 17.9 Å². The van der Waals surface area contributed by atoms with Crippen molar-refractivity contribution in [2.75, 3.05) is 13.7 Å². The fourth-order valence-corrected chi connectivity index (χ4v) is 2.69. The standard InChI is InChI=1S/C18H20N2O4/c1-5-19-17(22)13-9-7-6-8-12(13)16(21)14-10(2)20-11(3)15(14)18(23)24-4/h6-9,20H,5H2,1-4H3,(H,19,22). The van der Waals surface area contributed by atoms with E-state index < -0.39 is 5.97 Å². The fourth-order valence-electron chi connectivity index (χ4n) is 2.69. The van der Waals surface area contributed by atoms with Crippen LogP contribution in [0.3, 0.4) is 0 Å². The topological polar surface area (TPSA) is 88.3 Å². The fraction of sp³-hybridized carbons (Fsp3) is 0.278. The third-order valence-corrected chi connectivity index (χ3v) is 3.75. The number of aromatic amines is 1. The van der Waals surface area contributed by atoms with Gasteiger partial charge in [-0.3, -0.25) is 9.59 Å². The molecule has 0 aliphatic rings. The minimum Gasteiger partial charge on any atom is -0.465 e. The summed E-state index contributed by atoms with van der Waals surface area (Å²) in [6, 6.07) is 6.54. The molecule has 0 spiro atoms. The summed E-state index contributed by atoms with van der Waals surface area (Å²) < 4.78 is 4.78. The van der Waals surface area contributed by atoms with Crippen LogP contribution in [0.4, 0.5) is 0 Å². The lowest BCUT2D eigenvalue weighted by molar-refractivity contribution is 0.0597. The number of aromatic nitrogens is 1. The normalized spacial score (nSPS) is 10.3. The minimum absolute atomic E-state index is 0.200. The molecule has 6 heteroatoms. The molecule has 2 rings (SSSR count). The van der Waals surface area contributed by atoms with Gasteiger partial charge >= 0.3 is 5.97 Å². The zero-order valence-corrected chi connectivity index (χ0v) is 14.1. The molecule has 2 aromatic rings. The van der Waals surface area contributed by atoms with E-state index in [-0.39, 0.29) is 33.9 Å². The highest BCUT2D eigenvalue weighted by Crippen LogP contribution is 2.24. The molecule has 0 saturated carbocycles. The van der Waals surface area contributed by atoms with Crippen LogP contribution in [-0.2, 0) is 4.74 Å². The number of methoxy groups -OCH3 is 1. The number of rotatable bonds is 5. The molecule has 0 bridgehead atoms. The van der Waals surface area contributed by atoms with E-state index in [4.69, 9.17) is 4.74 Å². The smallest absolute Gasteiger partial charge is 0.340 e. The van der Waals surface area contributed by atoms with Gasteiger partial charge in [0.1, 0.15) is 0 Å². The summed E-state index contributed by atoms with van der Waals surface area (Å²) >= 11 is 0. The molecule has 0 aliphatic heterocycles. The number of nitrogens with one attached hydrogen (secondary N) is 2. The molecule has 1 aromatic heterocycles. The van der Waals surface area contributed by atoms with Gasteiger partial charge in [-0.1, -0.05) is 18.2 Å². The molecule has 0 atom stereocenters. The maximum Gasteiger partial charge on any atom is 0.340 e. The van der Waals surface area contributed by atoms with Crippen molar-refractivity contribution >= 4 is 17.7 Å². The summed E-state index contributed by atoms with van der Waals surface area (Å²) in [4.78, 5) is 40.3. The Hall–Kier alpha value is -2.89. The third-order valence-electron chi connectivity index (χ3n) is 3.75. The quantitative estimate of drug-likeness (QED) is 0.651. The van der Waals surface area contributed by atoms with Crippen LogP contribution >= 0.6 is 0 Å². The summed E-state index contributed by atoms with van der Waals surface area (Å²) in [5.41, 5.74) is 2.07. The second kappa shape index (κ2) is 7.12. The van der Waals surface area contributed by atoms with Crippen molar-refractivity contribution in [2.45, 2.75) is 20.8 Å². The van der Waals surface area contributed by atoms with Gasteiger partial charge in [-0.05, 0) is 26.8 Å². The molecule has 1 aromatic carbocycles. The van der Waals surface area contributed by atoms with Gasteiger partial charge in [-0.15, -0.1) is 0 Å². The molecule has 24 heavy (non-hydrogen) atoms. The number of esters is 1. The number of carbonyl (C=O) groups excluding carboxylic acids is 3. The van der Waals surface area contributed by atoms with Crippen molar-refractivity contribution in [2.24, 2.45) is 0 Å². The van der Waals surface area contributed by atoms with Gasteiger partial charge in [0, 0.05) is 23.5 Å². The number of ketones is 1. The summed E-state index contributed by atoms with van der Waals surface area (Å²) in [7, 11) is 1.26. The van der Waals surface area contributed by atoms with Crippen molar-refractivity contribution < 1.29 is 19.1 Å². The van der Waals surface area contributed by atoms with Crippen molar-refractivity contribution in [1.29, 1.82) is 0 Å². The van der Waals surface area contributed by atoms with Crippen LogP contribution in [0.15, 0.2) is 24.3 Å². The maximum atomic E-state index is 13.0. The zero-order valence-electron chi connectivity index (χ0n) is 14.1. The first-order valence-electron chi connectivity index (χ1n) is 7.61. The predicted molar refractivity (Wildman–Crippen MR) is 89.5 cm³/mol. The predicted octanol–water partition coefficient (Wildman–Crippen LogP) is 2.40. The minimum atomic E-state index is -0.587. The maximum absolute atomic E-state index is 13.0. The summed E-state index contributed by atoms with van der Waals surface area (Å²) in [5, 5.41) is 2.69. The Morgan fingerprint density at radius 1 is 1.04 bits per heavy atom. The highest BCUT2D eigenvalue weighted by molar-refractivity contribution is 6.19. The monoisotopic (exact) mass is 328 g/mol. The number of H-pyrrole nitrogens is 1. The van der Waals surface area contributed by atoms with E-state index in [1.807, 2.05) is 0 Å². The molecular formula is C18H20N2O4. The molecule has 1 amide bonds. The first-order valence-corrected chi connectivity index (χ1v) is 7.61. The molecule has 1 heterocycles. The largest absolute Gasteiger partial charge is 0.465 e. The SMILES string of the molecule is CCNC(=O)c1ccccc1C(=O)c1c(C)[nH]c(C)c1C(=O)OC. The van der Waals surface area contributed by atoms with E-state index in [1.165, 1.54) is 7.11 Å². The Kier molecular flexibility index (Phi) is 5.18. The number of benzene rings is 1. The van der Waals surface area contributed by atoms with Crippen LogP contribution in [-0.4, -0.2) is 36.3 Å². The molecule has 0 fully saturated rings. The molecular weight excluding hydrogens is 308 g/mol. The van der Waals surface area contributed by atoms with Gasteiger partial charge < -0.3 is 15.0 Å². The summed E-state index contributed by atoms with van der Waals surface area (Å²) in [6.45, 7) is 5.67.